The molecule has 3 rings (SSSR count). The van der Waals surface area contributed by atoms with Crippen molar-refractivity contribution in [3.63, 3.8) is 0 Å². The lowest BCUT2D eigenvalue weighted by molar-refractivity contribution is 0.412. The second-order valence-electron chi connectivity index (χ2n) is 5.06. The molecule has 3 N–H and O–H groups in total. The van der Waals surface area contributed by atoms with E-state index >= 15 is 0 Å². The highest BCUT2D eigenvalue weighted by molar-refractivity contribution is 5.71. The van der Waals surface area contributed by atoms with Crippen LogP contribution in [0.1, 0.15) is 5.56 Å². The first-order valence-corrected chi connectivity index (χ1v) is 7.28. The summed E-state index contributed by atoms with van der Waals surface area (Å²) in [6.07, 6.45) is 3.14. The first-order valence-electron chi connectivity index (χ1n) is 7.28. The van der Waals surface area contributed by atoms with Gasteiger partial charge in [-0.25, -0.2) is 9.97 Å². The number of aryl methyl sites for hydroxylation is 1. The van der Waals surface area contributed by atoms with Gasteiger partial charge in [-0.2, -0.15) is 4.98 Å². The number of hydrogen-bond acceptors (Lipinski definition) is 7. The van der Waals surface area contributed by atoms with Crippen LogP contribution in [0.4, 0.5) is 17.3 Å². The molecule has 0 saturated heterocycles. The number of aromatic nitrogens is 3. The van der Waals surface area contributed by atoms with E-state index in [1.807, 2.05) is 19.1 Å². The van der Waals surface area contributed by atoms with Crippen molar-refractivity contribution in [3.8, 4) is 17.4 Å². The zero-order chi connectivity index (χ0) is 16.9. The lowest BCUT2D eigenvalue weighted by Crippen LogP contribution is -2.04. The Morgan fingerprint density at radius 1 is 0.958 bits per heavy atom. The number of methoxy groups -OCH3 is 1. The van der Waals surface area contributed by atoms with Crippen LogP contribution in [0.3, 0.4) is 0 Å². The molecule has 0 saturated carbocycles. The number of pyridine rings is 1. The van der Waals surface area contributed by atoms with Crippen molar-refractivity contribution in [2.24, 2.45) is 0 Å². The first-order chi connectivity index (χ1) is 11.7. The number of hydrogen-bond donors (Lipinski definition) is 2. The average molecular weight is 323 g/mol. The summed E-state index contributed by atoms with van der Waals surface area (Å²) in [5.41, 5.74) is 7.47. The maximum Gasteiger partial charge on any atom is 0.248 e. The minimum atomic E-state index is 0.268. The number of nitrogen functional groups attached to an aromatic ring is 1. The van der Waals surface area contributed by atoms with Gasteiger partial charge in [-0.15, -0.1) is 0 Å². The molecule has 3 aromatic rings. The molecule has 0 aliphatic carbocycles. The minimum absolute atomic E-state index is 0.268. The highest BCUT2D eigenvalue weighted by atomic mass is 16.5. The molecule has 122 valence electrons. The number of benzene rings is 1. The summed E-state index contributed by atoms with van der Waals surface area (Å²) in [6, 6.07) is 10.9. The van der Waals surface area contributed by atoms with Crippen molar-refractivity contribution < 1.29 is 9.47 Å². The van der Waals surface area contributed by atoms with Gasteiger partial charge in [0.15, 0.2) is 5.82 Å². The summed E-state index contributed by atoms with van der Waals surface area (Å²) >= 11 is 0. The van der Waals surface area contributed by atoms with E-state index in [-0.39, 0.29) is 5.88 Å². The van der Waals surface area contributed by atoms with Gasteiger partial charge in [0, 0.05) is 6.20 Å². The molecule has 0 fully saturated rings. The molecular formula is C17H17N5O2. The molecule has 7 heteroatoms. The lowest BCUT2D eigenvalue weighted by atomic mass is 10.3. The summed E-state index contributed by atoms with van der Waals surface area (Å²) in [5, 5.41) is 3.06. The highest BCUT2D eigenvalue weighted by Gasteiger charge is 2.11. The Bertz CT molecular complexity index is 819. The Morgan fingerprint density at radius 3 is 2.38 bits per heavy atom. The van der Waals surface area contributed by atoms with Crippen LogP contribution in [0.5, 0.6) is 17.4 Å². The zero-order valence-electron chi connectivity index (χ0n) is 13.4. The van der Waals surface area contributed by atoms with Crippen molar-refractivity contribution in [2.75, 3.05) is 18.2 Å². The summed E-state index contributed by atoms with van der Waals surface area (Å²) in [5.74, 6) is 2.68. The predicted octanol–water partition coefficient (Wildman–Crippen LogP) is 3.31. The van der Waals surface area contributed by atoms with Gasteiger partial charge in [0.25, 0.3) is 0 Å². The summed E-state index contributed by atoms with van der Waals surface area (Å²) < 4.78 is 10.8. The Labute approximate surface area is 139 Å². The Morgan fingerprint density at radius 2 is 1.71 bits per heavy atom. The fraction of sp³-hybridized carbons (Fsp3) is 0.118. The largest absolute Gasteiger partial charge is 0.497 e. The molecular weight excluding hydrogens is 306 g/mol. The van der Waals surface area contributed by atoms with Crippen LogP contribution in [-0.4, -0.2) is 22.1 Å². The number of nitrogens with two attached hydrogens (primary N) is 1. The van der Waals surface area contributed by atoms with Gasteiger partial charge < -0.3 is 20.5 Å². The van der Waals surface area contributed by atoms with Crippen LogP contribution in [0.2, 0.25) is 0 Å². The summed E-state index contributed by atoms with van der Waals surface area (Å²) in [4.78, 5) is 12.5. The van der Waals surface area contributed by atoms with Gasteiger partial charge >= 0.3 is 0 Å². The quantitative estimate of drug-likeness (QED) is 0.743. The Kier molecular flexibility index (Phi) is 4.42. The van der Waals surface area contributed by atoms with Crippen LogP contribution < -0.4 is 20.5 Å². The molecule has 0 aliphatic heterocycles. The fourth-order valence-electron chi connectivity index (χ4n) is 1.98. The molecule has 0 bridgehead atoms. The van der Waals surface area contributed by atoms with E-state index in [9.17, 15) is 0 Å². The van der Waals surface area contributed by atoms with Crippen LogP contribution in [0.25, 0.3) is 0 Å². The number of nitrogens with zero attached hydrogens (tertiary/aromatic N) is 3. The minimum Gasteiger partial charge on any atom is -0.497 e. The molecule has 0 aliphatic rings. The van der Waals surface area contributed by atoms with Gasteiger partial charge in [0.2, 0.25) is 5.88 Å². The molecule has 0 amide bonds. The predicted molar refractivity (Wildman–Crippen MR) is 91.8 cm³/mol. The Hall–Kier alpha value is -3.35. The van der Waals surface area contributed by atoms with Crippen molar-refractivity contribution in [1.29, 1.82) is 0 Å². The van der Waals surface area contributed by atoms with E-state index in [1.165, 1.54) is 6.33 Å². The van der Waals surface area contributed by atoms with Crippen molar-refractivity contribution in [1.82, 2.24) is 15.0 Å². The second kappa shape index (κ2) is 6.82. The average Bonchev–Trinajstić information content (AvgIpc) is 2.61. The summed E-state index contributed by atoms with van der Waals surface area (Å²) in [7, 11) is 1.61. The number of ether oxygens (including phenoxy) is 2. The smallest absolute Gasteiger partial charge is 0.248 e. The van der Waals surface area contributed by atoms with Gasteiger partial charge in [-0.05, 0) is 42.8 Å². The maximum atomic E-state index is 6.10. The van der Waals surface area contributed by atoms with Crippen molar-refractivity contribution in [3.05, 3.63) is 54.5 Å². The molecule has 2 aromatic heterocycles. The van der Waals surface area contributed by atoms with Gasteiger partial charge in [0.1, 0.15) is 29.3 Å². The van der Waals surface area contributed by atoms with Crippen LogP contribution in [0.15, 0.2) is 48.9 Å². The monoisotopic (exact) mass is 323 g/mol. The number of anilines is 3. The molecule has 0 unspecified atom stereocenters. The first kappa shape index (κ1) is 15.5. The molecule has 7 nitrogen and oxygen atoms in total. The normalized spacial score (nSPS) is 10.2. The maximum absolute atomic E-state index is 6.10. The van der Waals surface area contributed by atoms with E-state index < -0.39 is 0 Å². The molecule has 0 atom stereocenters. The van der Waals surface area contributed by atoms with E-state index in [0.717, 1.165) is 11.3 Å². The third kappa shape index (κ3) is 3.52. The van der Waals surface area contributed by atoms with Gasteiger partial charge in [-0.1, -0.05) is 6.07 Å². The van der Waals surface area contributed by atoms with Crippen LogP contribution in [0, 0.1) is 6.92 Å². The molecule has 1 aromatic carbocycles. The van der Waals surface area contributed by atoms with Crippen molar-refractivity contribution in [2.45, 2.75) is 6.92 Å². The Balaban J connectivity index is 1.80. The molecule has 2 heterocycles. The highest BCUT2D eigenvalue weighted by Crippen LogP contribution is 2.31. The van der Waals surface area contributed by atoms with E-state index in [4.69, 9.17) is 15.2 Å². The van der Waals surface area contributed by atoms with Gasteiger partial charge in [0.05, 0.1) is 7.11 Å². The van der Waals surface area contributed by atoms with E-state index in [2.05, 4.69) is 20.3 Å². The third-order valence-electron chi connectivity index (χ3n) is 3.28. The fourth-order valence-corrected chi connectivity index (χ4v) is 1.98. The lowest BCUT2D eigenvalue weighted by Gasteiger charge is -2.11. The SMILES string of the molecule is COc1ccc(Oc2ncnc(Nc3ccc(C)cn3)c2N)cc1. The van der Waals surface area contributed by atoms with E-state index in [1.54, 1.807) is 37.6 Å². The third-order valence-corrected chi connectivity index (χ3v) is 3.28. The standard InChI is InChI=1S/C17H17N5O2/c1-11-3-8-14(19-9-11)22-16-15(18)17(21-10-20-16)24-13-6-4-12(23-2)5-7-13/h3-10H,18H2,1-2H3,(H,19,20,21,22). The van der Waals surface area contributed by atoms with Crippen LogP contribution >= 0.6 is 0 Å². The summed E-state index contributed by atoms with van der Waals surface area (Å²) in [6.45, 7) is 1.97. The van der Waals surface area contributed by atoms with E-state index in [0.29, 0.717) is 23.1 Å². The number of rotatable bonds is 5. The molecule has 24 heavy (non-hydrogen) atoms. The van der Waals surface area contributed by atoms with Crippen molar-refractivity contribution >= 4 is 17.3 Å². The second-order valence-corrected chi connectivity index (χ2v) is 5.06. The number of nitrogens with one attached hydrogen (secondary N) is 1. The molecule has 0 spiro atoms. The molecule has 0 radical (unpaired) electrons. The zero-order valence-corrected chi connectivity index (χ0v) is 13.4. The topological polar surface area (TPSA) is 95.2 Å². The van der Waals surface area contributed by atoms with Crippen LogP contribution in [-0.2, 0) is 0 Å². The van der Waals surface area contributed by atoms with Gasteiger partial charge in [-0.3, -0.25) is 0 Å².